The quantitative estimate of drug-likeness (QED) is 0.415. The maximum absolute atomic E-state index is 11.0. The van der Waals surface area contributed by atoms with Crippen LogP contribution in [-0.2, 0) is 20.8 Å². The Bertz CT molecular complexity index is 351. The smallest absolute Gasteiger partial charge is 0.332 e. The second-order valence-electron chi connectivity index (χ2n) is 4.11. The van der Waals surface area contributed by atoms with Gasteiger partial charge in [0, 0.05) is 6.42 Å². The van der Waals surface area contributed by atoms with Crippen LogP contribution in [0.4, 0.5) is 0 Å². The molecule has 1 aromatic rings. The van der Waals surface area contributed by atoms with Crippen LogP contribution < -0.4 is 5.48 Å². The van der Waals surface area contributed by atoms with Crippen molar-refractivity contribution in [1.29, 1.82) is 0 Å². The van der Waals surface area contributed by atoms with Crippen LogP contribution in [0.15, 0.2) is 30.3 Å². The number of amides is 1. The lowest BCUT2D eigenvalue weighted by Gasteiger charge is -2.02. The van der Waals surface area contributed by atoms with Gasteiger partial charge in [-0.25, -0.2) is 4.79 Å². The number of hydrogen-bond acceptors (Lipinski definition) is 3. The fourth-order valence-electron chi connectivity index (χ4n) is 1.74. The third-order valence-corrected chi connectivity index (χ3v) is 2.66. The predicted octanol–water partition coefficient (Wildman–Crippen LogP) is 2.38. The van der Waals surface area contributed by atoms with Crippen molar-refractivity contribution in [2.75, 3.05) is 0 Å². The second kappa shape index (κ2) is 9.22. The van der Waals surface area contributed by atoms with Crippen molar-refractivity contribution >= 4 is 12.4 Å². The van der Waals surface area contributed by atoms with E-state index >= 15 is 0 Å². The number of unbranched alkanes of at least 4 members (excludes halogenated alkanes) is 3. The molecule has 0 aromatic heterocycles. The summed E-state index contributed by atoms with van der Waals surface area (Å²) in [5, 5.41) is 0. The van der Waals surface area contributed by atoms with Crippen LogP contribution in [0.5, 0.6) is 0 Å². The second-order valence-corrected chi connectivity index (χ2v) is 4.11. The van der Waals surface area contributed by atoms with Crippen molar-refractivity contribution in [3.05, 3.63) is 35.9 Å². The van der Waals surface area contributed by atoms with E-state index in [0.717, 1.165) is 32.1 Å². The van der Waals surface area contributed by atoms with E-state index in [1.165, 1.54) is 5.56 Å². The molecule has 0 radical (unpaired) electrons. The van der Waals surface area contributed by atoms with E-state index in [4.69, 9.17) is 0 Å². The third-order valence-electron chi connectivity index (χ3n) is 2.66. The standard InChI is InChI=1S/C14H19NO3/c16-12-15-18-14(17)11-7-2-1-4-8-13-9-5-3-6-10-13/h3,5-6,9-10,12H,1-2,4,7-8,11H2,(H,15,16). The van der Waals surface area contributed by atoms with Gasteiger partial charge in [0.1, 0.15) is 0 Å². The number of hydroxylamine groups is 1. The molecule has 0 heterocycles. The lowest BCUT2D eigenvalue weighted by atomic mass is 10.1. The van der Waals surface area contributed by atoms with Crippen LogP contribution in [0, 0.1) is 0 Å². The van der Waals surface area contributed by atoms with Gasteiger partial charge in [0.05, 0.1) is 0 Å². The monoisotopic (exact) mass is 249 g/mol. The minimum atomic E-state index is -0.384. The Morgan fingerprint density at radius 3 is 2.56 bits per heavy atom. The minimum Gasteiger partial charge on any atom is -0.341 e. The van der Waals surface area contributed by atoms with Gasteiger partial charge in [0.15, 0.2) is 0 Å². The minimum absolute atomic E-state index is 0.345. The Kier molecular flexibility index (Phi) is 7.28. The van der Waals surface area contributed by atoms with Gasteiger partial charge in [0.25, 0.3) is 0 Å². The number of aryl methyl sites for hydroxylation is 1. The van der Waals surface area contributed by atoms with Gasteiger partial charge in [-0.1, -0.05) is 43.2 Å². The number of nitrogens with one attached hydrogen (secondary N) is 1. The Balaban J connectivity index is 1.96. The molecule has 1 N–H and O–H groups in total. The van der Waals surface area contributed by atoms with Crippen molar-refractivity contribution in [1.82, 2.24) is 5.48 Å². The van der Waals surface area contributed by atoms with E-state index in [9.17, 15) is 9.59 Å². The molecule has 1 amide bonds. The lowest BCUT2D eigenvalue weighted by molar-refractivity contribution is -0.154. The highest BCUT2D eigenvalue weighted by molar-refractivity contribution is 5.69. The number of carbonyl (C=O) groups excluding carboxylic acids is 2. The van der Waals surface area contributed by atoms with Gasteiger partial charge in [-0.3, -0.25) is 4.79 Å². The van der Waals surface area contributed by atoms with Crippen LogP contribution in [0.1, 0.15) is 37.7 Å². The zero-order chi connectivity index (χ0) is 13.1. The molecule has 4 heteroatoms. The topological polar surface area (TPSA) is 55.4 Å². The highest BCUT2D eigenvalue weighted by atomic mass is 16.7. The van der Waals surface area contributed by atoms with Crippen molar-refractivity contribution < 1.29 is 14.4 Å². The van der Waals surface area contributed by atoms with Gasteiger partial charge in [-0.2, -0.15) is 5.48 Å². The summed E-state index contributed by atoms with van der Waals surface area (Å²) in [6.07, 6.45) is 5.81. The first-order chi connectivity index (χ1) is 8.83. The van der Waals surface area contributed by atoms with Gasteiger partial charge >= 0.3 is 5.97 Å². The van der Waals surface area contributed by atoms with E-state index in [1.807, 2.05) is 23.7 Å². The van der Waals surface area contributed by atoms with Gasteiger partial charge in [-0.15, -0.1) is 0 Å². The molecule has 98 valence electrons. The van der Waals surface area contributed by atoms with Crippen LogP contribution in [0.3, 0.4) is 0 Å². The zero-order valence-corrected chi connectivity index (χ0v) is 10.4. The molecule has 0 spiro atoms. The first kappa shape index (κ1) is 14.2. The SMILES string of the molecule is O=CNOC(=O)CCCCCCc1ccccc1. The number of rotatable bonds is 9. The molecule has 4 nitrogen and oxygen atoms in total. The molecule has 0 aliphatic heterocycles. The van der Waals surface area contributed by atoms with Crippen LogP contribution in [-0.4, -0.2) is 12.4 Å². The molecule has 0 aliphatic carbocycles. The normalized spacial score (nSPS) is 9.78. The van der Waals surface area contributed by atoms with E-state index in [-0.39, 0.29) is 5.97 Å². The van der Waals surface area contributed by atoms with Gasteiger partial charge < -0.3 is 4.84 Å². The van der Waals surface area contributed by atoms with E-state index in [1.54, 1.807) is 0 Å². The first-order valence-corrected chi connectivity index (χ1v) is 6.25. The number of benzene rings is 1. The van der Waals surface area contributed by atoms with Gasteiger partial charge in [0.2, 0.25) is 6.41 Å². The molecule has 0 aliphatic rings. The lowest BCUT2D eigenvalue weighted by Crippen LogP contribution is -2.17. The van der Waals surface area contributed by atoms with E-state index in [2.05, 4.69) is 17.0 Å². The summed E-state index contributed by atoms with van der Waals surface area (Å²) in [6.45, 7) is 0. The molecular weight excluding hydrogens is 230 g/mol. The predicted molar refractivity (Wildman–Crippen MR) is 68.5 cm³/mol. The average molecular weight is 249 g/mol. The number of hydrogen-bond donors (Lipinski definition) is 1. The molecule has 18 heavy (non-hydrogen) atoms. The van der Waals surface area contributed by atoms with Crippen molar-refractivity contribution in [3.63, 3.8) is 0 Å². The molecule has 0 saturated heterocycles. The summed E-state index contributed by atoms with van der Waals surface area (Å²) >= 11 is 0. The molecule has 1 aromatic carbocycles. The van der Waals surface area contributed by atoms with Crippen molar-refractivity contribution in [2.24, 2.45) is 0 Å². The number of carbonyl (C=O) groups is 2. The average Bonchev–Trinajstić information content (AvgIpc) is 2.41. The highest BCUT2D eigenvalue weighted by Gasteiger charge is 2.01. The van der Waals surface area contributed by atoms with E-state index < -0.39 is 0 Å². The summed E-state index contributed by atoms with van der Waals surface area (Å²) in [5.41, 5.74) is 3.25. The van der Waals surface area contributed by atoms with Gasteiger partial charge in [-0.05, 0) is 24.8 Å². The Labute approximate surface area is 107 Å². The fourth-order valence-corrected chi connectivity index (χ4v) is 1.74. The highest BCUT2D eigenvalue weighted by Crippen LogP contribution is 2.08. The summed E-state index contributed by atoms with van der Waals surface area (Å²) in [6, 6.07) is 10.4. The molecule has 0 bridgehead atoms. The van der Waals surface area contributed by atoms with Crippen LogP contribution in [0.2, 0.25) is 0 Å². The summed E-state index contributed by atoms with van der Waals surface area (Å²) in [7, 11) is 0. The summed E-state index contributed by atoms with van der Waals surface area (Å²) in [4.78, 5) is 25.3. The molecular formula is C14H19NO3. The van der Waals surface area contributed by atoms with Crippen LogP contribution >= 0.6 is 0 Å². The van der Waals surface area contributed by atoms with Crippen molar-refractivity contribution in [2.45, 2.75) is 38.5 Å². The Morgan fingerprint density at radius 2 is 1.83 bits per heavy atom. The maximum atomic E-state index is 11.0. The fraction of sp³-hybridized carbons (Fsp3) is 0.429. The molecule has 0 fully saturated rings. The Morgan fingerprint density at radius 1 is 1.11 bits per heavy atom. The molecule has 0 saturated carbocycles. The van der Waals surface area contributed by atoms with E-state index in [0.29, 0.717) is 12.8 Å². The maximum Gasteiger partial charge on any atom is 0.332 e. The Hall–Kier alpha value is -1.84. The first-order valence-electron chi connectivity index (χ1n) is 6.25. The summed E-state index contributed by atoms with van der Waals surface area (Å²) in [5.74, 6) is -0.384. The largest absolute Gasteiger partial charge is 0.341 e. The van der Waals surface area contributed by atoms with Crippen molar-refractivity contribution in [3.8, 4) is 0 Å². The zero-order valence-electron chi connectivity index (χ0n) is 10.4. The molecule has 0 atom stereocenters. The molecule has 0 unspecified atom stereocenters. The molecule has 1 rings (SSSR count). The summed E-state index contributed by atoms with van der Waals surface area (Å²) < 4.78 is 0. The third kappa shape index (κ3) is 6.68. The van der Waals surface area contributed by atoms with Crippen LogP contribution in [0.25, 0.3) is 0 Å².